The van der Waals surface area contributed by atoms with Crippen LogP contribution < -0.4 is 4.74 Å². The SMILES string of the molecule is N#Cc1ccccc1CN1C(=O)S/C(=C/c2ccc(OCc3ccc(Br)cc3)c(Br)c2)C1=O. The lowest BCUT2D eigenvalue weighted by molar-refractivity contribution is -0.123. The summed E-state index contributed by atoms with van der Waals surface area (Å²) in [6.45, 7) is 0.493. The van der Waals surface area contributed by atoms with Crippen LogP contribution in [0.15, 0.2) is 80.6 Å². The van der Waals surface area contributed by atoms with E-state index in [0.29, 0.717) is 28.4 Å². The first-order valence-corrected chi connectivity index (χ1v) is 12.2. The number of hydrogen-bond acceptors (Lipinski definition) is 5. The van der Waals surface area contributed by atoms with Crippen LogP contribution in [-0.2, 0) is 17.9 Å². The number of halogens is 2. The quantitative estimate of drug-likeness (QED) is 0.295. The van der Waals surface area contributed by atoms with Gasteiger partial charge in [0.2, 0.25) is 0 Å². The number of rotatable bonds is 6. The monoisotopic (exact) mass is 582 g/mol. The maximum atomic E-state index is 12.9. The summed E-state index contributed by atoms with van der Waals surface area (Å²) in [6, 6.07) is 22.4. The molecule has 0 aliphatic carbocycles. The average molecular weight is 584 g/mol. The number of carbonyl (C=O) groups excluding carboxylic acids is 2. The molecule has 0 radical (unpaired) electrons. The molecule has 0 unspecified atom stereocenters. The van der Waals surface area contributed by atoms with E-state index in [2.05, 4.69) is 37.9 Å². The Hall–Kier alpha value is -2.86. The molecule has 3 aromatic carbocycles. The number of amides is 2. The summed E-state index contributed by atoms with van der Waals surface area (Å²) in [7, 11) is 0. The maximum Gasteiger partial charge on any atom is 0.293 e. The van der Waals surface area contributed by atoms with Crippen molar-refractivity contribution in [2.45, 2.75) is 13.2 Å². The molecule has 8 heteroatoms. The van der Waals surface area contributed by atoms with E-state index in [9.17, 15) is 14.9 Å². The second-order valence-corrected chi connectivity index (χ2v) is 9.91. The summed E-state index contributed by atoms with van der Waals surface area (Å²) in [5.41, 5.74) is 2.89. The number of thioether (sulfide) groups is 1. The fraction of sp³-hybridized carbons (Fsp3) is 0.0800. The first kappa shape index (κ1) is 23.3. The molecule has 0 aromatic heterocycles. The van der Waals surface area contributed by atoms with Gasteiger partial charge in [-0.1, -0.05) is 52.3 Å². The fourth-order valence-electron chi connectivity index (χ4n) is 3.19. The summed E-state index contributed by atoms with van der Waals surface area (Å²) in [6.07, 6.45) is 1.68. The van der Waals surface area contributed by atoms with E-state index in [1.165, 1.54) is 0 Å². The van der Waals surface area contributed by atoms with Gasteiger partial charge in [-0.15, -0.1) is 0 Å². The minimum Gasteiger partial charge on any atom is -0.488 e. The van der Waals surface area contributed by atoms with Gasteiger partial charge in [0, 0.05) is 4.47 Å². The number of benzene rings is 3. The van der Waals surface area contributed by atoms with Crippen molar-refractivity contribution in [3.63, 3.8) is 0 Å². The minimum atomic E-state index is -0.371. The Morgan fingerprint density at radius 3 is 2.52 bits per heavy atom. The lowest BCUT2D eigenvalue weighted by Crippen LogP contribution is -2.27. The third kappa shape index (κ3) is 5.56. The Morgan fingerprint density at radius 2 is 1.79 bits per heavy atom. The number of nitriles is 1. The Bertz CT molecular complexity index is 1300. The number of nitrogens with zero attached hydrogens (tertiary/aromatic N) is 2. The summed E-state index contributed by atoms with van der Waals surface area (Å²) < 4.78 is 7.64. The van der Waals surface area contributed by atoms with Gasteiger partial charge in [0.15, 0.2) is 0 Å². The van der Waals surface area contributed by atoms with Gasteiger partial charge in [0.05, 0.1) is 27.6 Å². The predicted molar refractivity (Wildman–Crippen MR) is 135 cm³/mol. The van der Waals surface area contributed by atoms with Crippen molar-refractivity contribution < 1.29 is 14.3 Å². The van der Waals surface area contributed by atoms with Crippen molar-refractivity contribution in [3.8, 4) is 11.8 Å². The Balaban J connectivity index is 1.46. The molecule has 0 atom stereocenters. The van der Waals surface area contributed by atoms with Crippen LogP contribution >= 0.6 is 43.6 Å². The van der Waals surface area contributed by atoms with Gasteiger partial charge in [-0.3, -0.25) is 14.5 Å². The number of imide groups is 1. The molecule has 164 valence electrons. The average Bonchev–Trinajstić information content (AvgIpc) is 3.07. The van der Waals surface area contributed by atoms with E-state index >= 15 is 0 Å². The molecule has 0 N–H and O–H groups in total. The first-order chi connectivity index (χ1) is 15.9. The molecule has 0 saturated carbocycles. The Kier molecular flexibility index (Phi) is 7.33. The van der Waals surface area contributed by atoms with Crippen LogP contribution in [-0.4, -0.2) is 16.0 Å². The van der Waals surface area contributed by atoms with Crippen LogP contribution in [0, 0.1) is 11.3 Å². The molecule has 1 aliphatic heterocycles. The molecule has 1 fully saturated rings. The van der Waals surface area contributed by atoms with Crippen molar-refractivity contribution in [2.24, 2.45) is 0 Å². The van der Waals surface area contributed by atoms with E-state index in [0.717, 1.165) is 36.7 Å². The van der Waals surface area contributed by atoms with Crippen LogP contribution in [0.2, 0.25) is 0 Å². The summed E-state index contributed by atoms with van der Waals surface area (Å²) in [5.74, 6) is 0.306. The second kappa shape index (κ2) is 10.4. The molecule has 4 rings (SSSR count). The standard InChI is InChI=1S/C25H16Br2N2O3S/c26-20-8-5-16(6-9-20)15-32-22-10-7-17(11-21(22)27)12-23-24(30)29(25(31)33-23)14-19-4-2-1-3-18(19)13-28/h1-12H,14-15H2/b23-12+. The highest BCUT2D eigenvalue weighted by atomic mass is 79.9. The normalized spacial score (nSPS) is 14.6. The molecule has 1 aliphatic rings. The van der Waals surface area contributed by atoms with Crippen molar-refractivity contribution in [2.75, 3.05) is 0 Å². The summed E-state index contributed by atoms with van der Waals surface area (Å²) in [4.78, 5) is 26.8. The smallest absolute Gasteiger partial charge is 0.293 e. The fourth-order valence-corrected chi connectivity index (χ4v) is 4.80. The highest BCUT2D eigenvalue weighted by molar-refractivity contribution is 9.10. The predicted octanol–water partition coefficient (Wildman–Crippen LogP) is 6.90. The molecule has 5 nitrogen and oxygen atoms in total. The van der Waals surface area contributed by atoms with Crippen molar-refractivity contribution >= 4 is 60.8 Å². The van der Waals surface area contributed by atoms with Gasteiger partial charge in [-0.05, 0) is 80.8 Å². The Morgan fingerprint density at radius 1 is 1.03 bits per heavy atom. The Labute approximate surface area is 212 Å². The zero-order valence-corrected chi connectivity index (χ0v) is 21.1. The zero-order chi connectivity index (χ0) is 23.4. The first-order valence-electron chi connectivity index (χ1n) is 9.85. The maximum absolute atomic E-state index is 12.9. The van der Waals surface area contributed by atoms with Crippen LogP contribution in [0.1, 0.15) is 22.3 Å². The third-order valence-corrected chi connectivity index (χ3v) is 6.96. The van der Waals surface area contributed by atoms with E-state index in [1.54, 1.807) is 30.3 Å². The van der Waals surface area contributed by atoms with Crippen molar-refractivity contribution in [3.05, 3.63) is 103 Å². The molecule has 3 aromatic rings. The molecule has 0 bridgehead atoms. The van der Waals surface area contributed by atoms with Crippen LogP contribution in [0.5, 0.6) is 5.75 Å². The van der Waals surface area contributed by atoms with E-state index in [-0.39, 0.29) is 17.7 Å². The molecule has 2 amide bonds. The van der Waals surface area contributed by atoms with Gasteiger partial charge < -0.3 is 4.74 Å². The van der Waals surface area contributed by atoms with Crippen LogP contribution in [0.25, 0.3) is 6.08 Å². The molecular weight excluding hydrogens is 568 g/mol. The molecule has 33 heavy (non-hydrogen) atoms. The van der Waals surface area contributed by atoms with Gasteiger partial charge in [0.1, 0.15) is 12.4 Å². The van der Waals surface area contributed by atoms with Gasteiger partial charge in [-0.2, -0.15) is 5.26 Å². The minimum absolute atomic E-state index is 0.0677. The molecule has 0 spiro atoms. The summed E-state index contributed by atoms with van der Waals surface area (Å²) >= 11 is 7.83. The van der Waals surface area contributed by atoms with E-state index in [1.807, 2.05) is 42.5 Å². The van der Waals surface area contributed by atoms with Crippen LogP contribution in [0.3, 0.4) is 0 Å². The van der Waals surface area contributed by atoms with Crippen molar-refractivity contribution in [1.82, 2.24) is 4.90 Å². The zero-order valence-electron chi connectivity index (χ0n) is 17.1. The molecule has 1 saturated heterocycles. The second-order valence-electron chi connectivity index (χ2n) is 7.14. The topological polar surface area (TPSA) is 70.4 Å². The number of ether oxygens (including phenoxy) is 1. The van der Waals surface area contributed by atoms with Gasteiger partial charge in [0.25, 0.3) is 11.1 Å². The third-order valence-electron chi connectivity index (χ3n) is 4.90. The van der Waals surface area contributed by atoms with E-state index in [4.69, 9.17) is 4.74 Å². The van der Waals surface area contributed by atoms with Crippen molar-refractivity contribution in [1.29, 1.82) is 5.26 Å². The lowest BCUT2D eigenvalue weighted by atomic mass is 10.1. The highest BCUT2D eigenvalue weighted by Gasteiger charge is 2.35. The van der Waals surface area contributed by atoms with E-state index < -0.39 is 0 Å². The van der Waals surface area contributed by atoms with Gasteiger partial charge >= 0.3 is 0 Å². The molecular formula is C25H16Br2N2O3S. The summed E-state index contributed by atoms with van der Waals surface area (Å²) in [5, 5.41) is 8.91. The lowest BCUT2D eigenvalue weighted by Gasteiger charge is -2.13. The number of hydrogen-bond donors (Lipinski definition) is 0. The largest absolute Gasteiger partial charge is 0.488 e. The molecule has 1 heterocycles. The number of carbonyl (C=O) groups is 2. The highest BCUT2D eigenvalue weighted by Crippen LogP contribution is 2.35. The van der Waals surface area contributed by atoms with Crippen LogP contribution in [0.4, 0.5) is 4.79 Å². The van der Waals surface area contributed by atoms with Gasteiger partial charge in [-0.25, -0.2) is 0 Å².